The van der Waals surface area contributed by atoms with Crippen LogP contribution >= 0.6 is 11.8 Å². The van der Waals surface area contributed by atoms with E-state index < -0.39 is 0 Å². The van der Waals surface area contributed by atoms with Crippen LogP contribution in [-0.4, -0.2) is 32.0 Å². The first-order chi connectivity index (χ1) is 13.3. The first-order valence-corrected chi connectivity index (χ1v) is 9.23. The van der Waals surface area contributed by atoms with Crippen molar-refractivity contribution in [2.45, 2.75) is 17.3 Å². The lowest BCUT2D eigenvalue weighted by molar-refractivity contribution is 0.380. The minimum Gasteiger partial charge on any atom is -0.495 e. The fourth-order valence-electron chi connectivity index (χ4n) is 2.61. The van der Waals surface area contributed by atoms with E-state index in [2.05, 4.69) is 20.3 Å². The molecule has 0 spiro atoms. The molecule has 0 saturated heterocycles. The summed E-state index contributed by atoms with van der Waals surface area (Å²) in [6.07, 6.45) is 1.66. The Labute approximate surface area is 160 Å². The van der Waals surface area contributed by atoms with Gasteiger partial charge in [0, 0.05) is 5.56 Å². The van der Waals surface area contributed by atoms with Crippen molar-refractivity contribution in [1.29, 1.82) is 0 Å². The van der Waals surface area contributed by atoms with Crippen molar-refractivity contribution in [2.75, 3.05) is 7.11 Å². The van der Waals surface area contributed by atoms with E-state index in [0.29, 0.717) is 16.9 Å². The maximum atomic E-state index is 5.46. The van der Waals surface area contributed by atoms with E-state index in [9.17, 15) is 0 Å². The van der Waals surface area contributed by atoms with Crippen molar-refractivity contribution in [2.24, 2.45) is 0 Å². The van der Waals surface area contributed by atoms with Crippen molar-refractivity contribution in [3.05, 3.63) is 66.8 Å². The lowest BCUT2D eigenvalue weighted by Gasteiger charge is -2.11. The summed E-state index contributed by atoms with van der Waals surface area (Å²) >= 11 is 1.49. The molecule has 0 fully saturated rings. The zero-order valence-electron chi connectivity index (χ0n) is 14.8. The number of rotatable bonds is 6. The third-order valence-electron chi connectivity index (χ3n) is 3.96. The van der Waals surface area contributed by atoms with Crippen LogP contribution in [0.15, 0.2) is 70.6 Å². The summed E-state index contributed by atoms with van der Waals surface area (Å²) in [5.74, 6) is 1.86. The van der Waals surface area contributed by atoms with Crippen LogP contribution in [0.3, 0.4) is 0 Å². The molecule has 0 aliphatic heterocycles. The molecule has 8 heteroatoms. The summed E-state index contributed by atoms with van der Waals surface area (Å²) in [5.41, 5.74) is 1.79. The predicted molar refractivity (Wildman–Crippen MR) is 102 cm³/mol. The molecule has 136 valence electrons. The molecule has 1 atom stereocenters. The molecule has 0 radical (unpaired) electrons. The second-order valence-electron chi connectivity index (χ2n) is 5.74. The number of hydrogen-bond acceptors (Lipinski definition) is 7. The normalized spacial score (nSPS) is 12.1. The van der Waals surface area contributed by atoms with Crippen LogP contribution in [0.1, 0.15) is 18.1 Å². The predicted octanol–water partition coefficient (Wildman–Crippen LogP) is 4.18. The average Bonchev–Trinajstić information content (AvgIpc) is 3.38. The Morgan fingerprint density at radius 1 is 1.07 bits per heavy atom. The molecule has 2 aromatic heterocycles. The highest BCUT2D eigenvalue weighted by Gasteiger charge is 2.20. The lowest BCUT2D eigenvalue weighted by atomic mass is 10.2. The summed E-state index contributed by atoms with van der Waals surface area (Å²) in [6, 6.07) is 17.5. The lowest BCUT2D eigenvalue weighted by Crippen LogP contribution is -2.00. The monoisotopic (exact) mass is 379 g/mol. The van der Waals surface area contributed by atoms with Crippen LogP contribution in [0.5, 0.6) is 5.75 Å². The first-order valence-electron chi connectivity index (χ1n) is 8.35. The minimum atomic E-state index is -0.0902. The minimum absolute atomic E-state index is 0.0902. The number of nitrogens with zero attached hydrogens (tertiary/aromatic N) is 5. The van der Waals surface area contributed by atoms with E-state index in [1.54, 1.807) is 13.4 Å². The van der Waals surface area contributed by atoms with E-state index >= 15 is 0 Å². The molecule has 0 amide bonds. The van der Waals surface area contributed by atoms with Crippen molar-refractivity contribution < 1.29 is 9.26 Å². The molecule has 27 heavy (non-hydrogen) atoms. The van der Waals surface area contributed by atoms with Crippen LogP contribution in [0, 0.1) is 0 Å². The maximum absolute atomic E-state index is 5.46. The Bertz CT molecular complexity index is 1030. The molecule has 0 bridgehead atoms. The van der Waals surface area contributed by atoms with Crippen LogP contribution in [0.25, 0.3) is 17.1 Å². The summed E-state index contributed by atoms with van der Waals surface area (Å²) < 4.78 is 12.8. The molecule has 0 aliphatic rings. The maximum Gasteiger partial charge on any atom is 0.240 e. The SMILES string of the molecule is COc1ccccc1-n1cnnc1SC(C)c1nc(-c2ccccc2)no1. The number of ether oxygens (including phenoxy) is 1. The van der Waals surface area contributed by atoms with Gasteiger partial charge in [-0.05, 0) is 19.1 Å². The van der Waals surface area contributed by atoms with Gasteiger partial charge in [-0.3, -0.25) is 4.57 Å². The van der Waals surface area contributed by atoms with Gasteiger partial charge in [0.2, 0.25) is 11.7 Å². The molecular weight excluding hydrogens is 362 g/mol. The van der Waals surface area contributed by atoms with Gasteiger partial charge in [-0.1, -0.05) is 59.4 Å². The molecular formula is C19H17N5O2S. The smallest absolute Gasteiger partial charge is 0.240 e. The van der Waals surface area contributed by atoms with Gasteiger partial charge < -0.3 is 9.26 Å². The highest BCUT2D eigenvalue weighted by atomic mass is 32.2. The fourth-order valence-corrected chi connectivity index (χ4v) is 3.48. The number of thioether (sulfide) groups is 1. The van der Waals surface area contributed by atoms with Gasteiger partial charge in [-0.2, -0.15) is 4.98 Å². The van der Waals surface area contributed by atoms with Gasteiger partial charge in [-0.15, -0.1) is 10.2 Å². The van der Waals surface area contributed by atoms with Crippen LogP contribution in [0.2, 0.25) is 0 Å². The van der Waals surface area contributed by atoms with Gasteiger partial charge in [0.1, 0.15) is 12.1 Å². The molecule has 4 aromatic rings. The van der Waals surface area contributed by atoms with E-state index in [-0.39, 0.29) is 5.25 Å². The summed E-state index contributed by atoms with van der Waals surface area (Å²) in [7, 11) is 1.64. The van der Waals surface area contributed by atoms with E-state index in [1.807, 2.05) is 66.1 Å². The van der Waals surface area contributed by atoms with Gasteiger partial charge in [0.05, 0.1) is 18.0 Å². The molecule has 2 aromatic carbocycles. The Morgan fingerprint density at radius 2 is 1.85 bits per heavy atom. The molecule has 0 aliphatic carbocycles. The number of methoxy groups -OCH3 is 1. The molecule has 0 saturated carbocycles. The fraction of sp³-hybridized carbons (Fsp3) is 0.158. The highest BCUT2D eigenvalue weighted by Crippen LogP contribution is 2.35. The van der Waals surface area contributed by atoms with Gasteiger partial charge in [-0.25, -0.2) is 0 Å². The van der Waals surface area contributed by atoms with Crippen molar-refractivity contribution in [3.63, 3.8) is 0 Å². The molecule has 4 rings (SSSR count). The molecule has 0 N–H and O–H groups in total. The zero-order chi connectivity index (χ0) is 18.6. The van der Waals surface area contributed by atoms with Gasteiger partial charge >= 0.3 is 0 Å². The number of aromatic nitrogens is 5. The van der Waals surface area contributed by atoms with Gasteiger partial charge in [0.15, 0.2) is 5.16 Å². The Balaban J connectivity index is 1.57. The van der Waals surface area contributed by atoms with Crippen LogP contribution < -0.4 is 4.74 Å². The Morgan fingerprint density at radius 3 is 2.67 bits per heavy atom. The largest absolute Gasteiger partial charge is 0.495 e. The van der Waals surface area contributed by atoms with E-state index in [4.69, 9.17) is 9.26 Å². The second-order valence-corrected chi connectivity index (χ2v) is 7.05. The topological polar surface area (TPSA) is 78.9 Å². The number of para-hydroxylation sites is 2. The van der Waals surface area contributed by atoms with Gasteiger partial charge in [0.25, 0.3) is 0 Å². The van der Waals surface area contributed by atoms with Crippen molar-refractivity contribution in [1.82, 2.24) is 24.9 Å². The third kappa shape index (κ3) is 3.56. The summed E-state index contributed by atoms with van der Waals surface area (Å²) in [4.78, 5) is 4.52. The molecule has 1 unspecified atom stereocenters. The second kappa shape index (κ2) is 7.63. The van der Waals surface area contributed by atoms with Crippen molar-refractivity contribution >= 4 is 11.8 Å². The standard InChI is InChI=1S/C19H17N5O2S/c1-13(18-21-17(23-26-18)14-8-4-3-5-9-14)27-19-22-20-12-24(19)15-10-6-7-11-16(15)25-2/h3-13H,1-2H3. The van der Waals surface area contributed by atoms with Crippen LogP contribution in [-0.2, 0) is 0 Å². The summed E-state index contributed by atoms with van der Waals surface area (Å²) in [6.45, 7) is 1.99. The third-order valence-corrected chi connectivity index (χ3v) is 5.01. The van der Waals surface area contributed by atoms with E-state index in [0.717, 1.165) is 17.0 Å². The summed E-state index contributed by atoms with van der Waals surface area (Å²) in [5, 5.41) is 13.0. The number of hydrogen-bond donors (Lipinski definition) is 0. The number of benzene rings is 2. The highest BCUT2D eigenvalue weighted by molar-refractivity contribution is 7.99. The molecule has 2 heterocycles. The molecule has 7 nitrogen and oxygen atoms in total. The first kappa shape index (κ1) is 17.3. The Hall–Kier alpha value is -3.13. The average molecular weight is 379 g/mol. The zero-order valence-corrected chi connectivity index (χ0v) is 15.6. The Kier molecular flexibility index (Phi) is 4.88. The van der Waals surface area contributed by atoms with Crippen LogP contribution in [0.4, 0.5) is 0 Å². The quantitative estimate of drug-likeness (QED) is 0.465. The van der Waals surface area contributed by atoms with Crippen molar-refractivity contribution in [3.8, 4) is 22.8 Å². The van der Waals surface area contributed by atoms with E-state index in [1.165, 1.54) is 11.8 Å².